The van der Waals surface area contributed by atoms with Crippen LogP contribution in [0.3, 0.4) is 0 Å². The van der Waals surface area contributed by atoms with Crippen LogP contribution in [0.2, 0.25) is 0 Å². The Morgan fingerprint density at radius 1 is 0.519 bits per heavy atom. The van der Waals surface area contributed by atoms with Crippen molar-refractivity contribution in [2.75, 3.05) is 0 Å². The fraction of sp³-hybridized carbons (Fsp3) is 0.0408. The van der Waals surface area contributed by atoms with E-state index in [1.807, 2.05) is 35.6 Å². The molecule has 1 atom stereocenters. The summed E-state index contributed by atoms with van der Waals surface area (Å²) in [5.74, 6) is 2.21. The molecule has 1 aliphatic carbocycles. The van der Waals surface area contributed by atoms with Crippen LogP contribution in [0, 0.1) is 0 Å². The monoisotopic (exact) mass is 709 g/mol. The van der Waals surface area contributed by atoms with E-state index in [0.29, 0.717) is 23.4 Å². The third kappa shape index (κ3) is 5.08. The fourth-order valence-corrected chi connectivity index (χ4v) is 9.16. The quantitative estimate of drug-likeness (QED) is 0.178. The number of furan rings is 1. The Bertz CT molecular complexity index is 3150. The zero-order valence-electron chi connectivity index (χ0n) is 29.1. The predicted octanol–water partition coefficient (Wildman–Crippen LogP) is 13.6. The van der Waals surface area contributed by atoms with E-state index in [9.17, 15) is 0 Å². The average molecular weight is 710 g/mol. The minimum atomic E-state index is 0.292. The highest BCUT2D eigenvalue weighted by Gasteiger charge is 2.22. The molecule has 11 rings (SSSR count). The smallest absolute Gasteiger partial charge is 0.164 e. The maximum Gasteiger partial charge on any atom is 0.164 e. The Morgan fingerprint density at radius 2 is 1.22 bits per heavy atom. The van der Waals surface area contributed by atoms with E-state index in [-0.39, 0.29) is 0 Å². The molecule has 0 amide bonds. The lowest BCUT2D eigenvalue weighted by molar-refractivity contribution is 0.672. The van der Waals surface area contributed by atoms with Crippen LogP contribution in [0.25, 0.3) is 98.2 Å². The van der Waals surface area contributed by atoms with Gasteiger partial charge in [0.2, 0.25) is 0 Å². The van der Waals surface area contributed by atoms with Gasteiger partial charge in [0.25, 0.3) is 0 Å². The van der Waals surface area contributed by atoms with Gasteiger partial charge >= 0.3 is 0 Å². The van der Waals surface area contributed by atoms with Crippen molar-refractivity contribution in [1.82, 2.24) is 15.0 Å². The first-order chi connectivity index (χ1) is 26.7. The molecule has 0 fully saturated rings. The van der Waals surface area contributed by atoms with Crippen molar-refractivity contribution in [3.8, 4) is 45.3 Å². The minimum absolute atomic E-state index is 0.292. The Labute approximate surface area is 315 Å². The van der Waals surface area contributed by atoms with Crippen LogP contribution in [-0.2, 0) is 0 Å². The van der Waals surface area contributed by atoms with E-state index in [2.05, 4.69) is 146 Å². The normalized spacial score (nSPS) is 14.3. The van der Waals surface area contributed by atoms with Crippen molar-refractivity contribution < 1.29 is 4.42 Å². The topological polar surface area (TPSA) is 51.8 Å². The number of nitrogens with zero attached hydrogens (tertiary/aromatic N) is 3. The van der Waals surface area contributed by atoms with Crippen molar-refractivity contribution >= 4 is 64.2 Å². The Hall–Kier alpha value is -6.69. The standard InChI is InChI=1S/C49H31N3OS/c1-3-13-30(14-4-1)36-22-12-18-33-28-39(45-38-21-7-9-23-41(38)53-46(45)44(33)36)32-17-11-19-34(27-32)48-50-47(31-15-5-2-6-16-31)51-49(52-48)35-25-26-43-40(29-35)37-20-8-10-24-42(37)54-43/h1-13,15-30H,14H2. The largest absolute Gasteiger partial charge is 0.455 e. The number of rotatable bonds is 5. The summed E-state index contributed by atoms with van der Waals surface area (Å²) in [4.78, 5) is 15.3. The van der Waals surface area contributed by atoms with E-state index in [1.165, 1.54) is 31.1 Å². The third-order valence-corrected chi connectivity index (χ3v) is 11.8. The molecule has 5 heteroatoms. The van der Waals surface area contributed by atoms with E-state index >= 15 is 0 Å². The number of fused-ring (bicyclic) bond motifs is 8. The van der Waals surface area contributed by atoms with Crippen LogP contribution in [0.4, 0.5) is 0 Å². The van der Waals surface area contributed by atoms with Crippen LogP contribution in [0.1, 0.15) is 17.9 Å². The van der Waals surface area contributed by atoms with Crippen molar-refractivity contribution in [3.63, 3.8) is 0 Å². The van der Waals surface area contributed by atoms with Crippen molar-refractivity contribution in [1.29, 1.82) is 0 Å². The number of para-hydroxylation sites is 1. The molecule has 0 N–H and O–H groups in total. The van der Waals surface area contributed by atoms with Gasteiger partial charge in [-0.15, -0.1) is 11.3 Å². The lowest BCUT2D eigenvalue weighted by Gasteiger charge is -2.17. The van der Waals surface area contributed by atoms with Gasteiger partial charge < -0.3 is 4.42 Å². The average Bonchev–Trinajstić information content (AvgIpc) is 3.82. The van der Waals surface area contributed by atoms with Crippen LogP contribution in [0.15, 0.2) is 174 Å². The first kappa shape index (κ1) is 30.9. The molecule has 0 aliphatic heterocycles. The second kappa shape index (κ2) is 12.5. The fourth-order valence-electron chi connectivity index (χ4n) is 8.08. The van der Waals surface area contributed by atoms with Crippen molar-refractivity contribution in [2.24, 2.45) is 0 Å². The number of hydrogen-bond donors (Lipinski definition) is 0. The molecule has 3 heterocycles. The molecule has 54 heavy (non-hydrogen) atoms. The minimum Gasteiger partial charge on any atom is -0.455 e. The van der Waals surface area contributed by atoms with Gasteiger partial charge in [-0.2, -0.15) is 0 Å². The highest BCUT2D eigenvalue weighted by Crippen LogP contribution is 2.45. The molecule has 254 valence electrons. The third-order valence-electron chi connectivity index (χ3n) is 10.6. The SMILES string of the molecule is C1=CCC(c2cccc3cc(-c4cccc(-c5nc(-c6ccccc6)nc(-c6ccc7sc8ccccc8c7c6)n5)c4)c4c5ccccc5oc4c23)C=C1. The van der Waals surface area contributed by atoms with Gasteiger partial charge in [0.1, 0.15) is 11.2 Å². The molecule has 10 aromatic rings. The maximum atomic E-state index is 6.78. The first-order valence-electron chi connectivity index (χ1n) is 18.3. The highest BCUT2D eigenvalue weighted by molar-refractivity contribution is 7.25. The van der Waals surface area contributed by atoms with Crippen LogP contribution >= 0.6 is 11.3 Å². The Kier molecular flexibility index (Phi) is 7.13. The first-order valence-corrected chi connectivity index (χ1v) is 19.1. The van der Waals surface area contributed by atoms with Crippen LogP contribution < -0.4 is 0 Å². The molecular formula is C49H31N3OS. The summed E-state index contributed by atoms with van der Waals surface area (Å²) in [6.45, 7) is 0. The molecule has 0 saturated heterocycles. The zero-order chi connectivity index (χ0) is 35.6. The lowest BCUT2D eigenvalue weighted by Crippen LogP contribution is -2.00. The number of benzene rings is 7. The van der Waals surface area contributed by atoms with E-state index in [4.69, 9.17) is 19.4 Å². The molecule has 1 unspecified atom stereocenters. The summed E-state index contributed by atoms with van der Waals surface area (Å²) >= 11 is 1.81. The molecule has 1 aliphatic rings. The van der Waals surface area contributed by atoms with Gasteiger partial charge in [-0.25, -0.2) is 15.0 Å². The summed E-state index contributed by atoms with van der Waals surface area (Å²) < 4.78 is 9.30. The van der Waals surface area contributed by atoms with Crippen LogP contribution in [-0.4, -0.2) is 15.0 Å². The predicted molar refractivity (Wildman–Crippen MR) is 225 cm³/mol. The summed E-state index contributed by atoms with van der Waals surface area (Å²) in [5.41, 5.74) is 8.12. The molecule has 0 saturated carbocycles. The highest BCUT2D eigenvalue weighted by atomic mass is 32.1. The second-order valence-corrected chi connectivity index (χ2v) is 15.0. The Balaban J connectivity index is 1.11. The molecule has 0 radical (unpaired) electrons. The summed E-state index contributed by atoms with van der Waals surface area (Å²) in [7, 11) is 0. The number of hydrogen-bond acceptors (Lipinski definition) is 5. The molecule has 0 spiro atoms. The molecule has 7 aromatic carbocycles. The lowest BCUT2D eigenvalue weighted by atomic mass is 9.86. The van der Waals surface area contributed by atoms with Gasteiger partial charge in [0.15, 0.2) is 17.5 Å². The molecule has 4 nitrogen and oxygen atoms in total. The van der Waals surface area contributed by atoms with Gasteiger partial charge in [0, 0.05) is 58.9 Å². The number of thiophene rings is 1. The molecular weight excluding hydrogens is 679 g/mol. The van der Waals surface area contributed by atoms with Gasteiger partial charge in [0.05, 0.1) is 0 Å². The van der Waals surface area contributed by atoms with Crippen LogP contribution in [0.5, 0.6) is 0 Å². The van der Waals surface area contributed by atoms with Gasteiger partial charge in [-0.1, -0.05) is 127 Å². The number of allylic oxidation sites excluding steroid dienone is 4. The zero-order valence-corrected chi connectivity index (χ0v) is 29.9. The van der Waals surface area contributed by atoms with E-state index in [0.717, 1.165) is 61.6 Å². The summed E-state index contributed by atoms with van der Waals surface area (Å²) in [5, 5.41) is 7.03. The van der Waals surface area contributed by atoms with Gasteiger partial charge in [-0.05, 0) is 71.0 Å². The number of aromatic nitrogens is 3. The maximum absolute atomic E-state index is 6.78. The van der Waals surface area contributed by atoms with Crippen molar-refractivity contribution in [3.05, 3.63) is 175 Å². The van der Waals surface area contributed by atoms with Crippen molar-refractivity contribution in [2.45, 2.75) is 12.3 Å². The van der Waals surface area contributed by atoms with E-state index in [1.54, 1.807) is 0 Å². The molecule has 0 bridgehead atoms. The van der Waals surface area contributed by atoms with E-state index < -0.39 is 0 Å². The second-order valence-electron chi connectivity index (χ2n) is 13.9. The summed E-state index contributed by atoms with van der Waals surface area (Å²) in [6, 6.07) is 51.2. The summed E-state index contributed by atoms with van der Waals surface area (Å²) in [6.07, 6.45) is 9.80. The molecule has 3 aromatic heterocycles. The van der Waals surface area contributed by atoms with Gasteiger partial charge in [-0.3, -0.25) is 0 Å². The Morgan fingerprint density at radius 3 is 2.07 bits per heavy atom.